The van der Waals surface area contributed by atoms with E-state index < -0.39 is 28.8 Å². The second-order valence-corrected chi connectivity index (χ2v) is 5.10. The van der Waals surface area contributed by atoms with Crippen molar-refractivity contribution < 1.29 is 22.5 Å². The summed E-state index contributed by atoms with van der Waals surface area (Å²) in [5.74, 6) is 0.589. The van der Waals surface area contributed by atoms with E-state index in [-0.39, 0.29) is 11.6 Å². The normalized spacial score (nSPS) is 12.8. The predicted octanol–water partition coefficient (Wildman–Crippen LogP) is 3.93. The van der Waals surface area contributed by atoms with Gasteiger partial charge in [0.25, 0.3) is 0 Å². The Morgan fingerprint density at radius 1 is 1.39 bits per heavy atom. The van der Waals surface area contributed by atoms with E-state index in [0.29, 0.717) is 5.82 Å². The minimum absolute atomic E-state index is 0.0480. The Balaban J connectivity index is 2.06. The van der Waals surface area contributed by atoms with Gasteiger partial charge in [-0.3, -0.25) is 0 Å². The number of benzene rings is 1. The molecule has 2 rings (SSSR count). The molecule has 1 heterocycles. The number of nitrogens with one attached hydrogen (secondary N) is 2. The Labute approximate surface area is 134 Å². The number of nitrogens with zero attached hydrogens (tertiary/aromatic N) is 2. The van der Waals surface area contributed by atoms with Gasteiger partial charge < -0.3 is 15.2 Å². The number of carbonyl (C=O) groups excluding carboxylic acids is 1. The van der Waals surface area contributed by atoms with Crippen molar-refractivity contribution in [3.8, 4) is 0 Å². The third kappa shape index (κ3) is 4.35. The van der Waals surface area contributed by atoms with Gasteiger partial charge in [0, 0.05) is 5.69 Å². The van der Waals surface area contributed by atoms with Gasteiger partial charge in [0.1, 0.15) is 6.04 Å². The summed E-state index contributed by atoms with van der Waals surface area (Å²) in [6.07, 6.45) is -4.61. The molecule has 0 unspecified atom stereocenters. The highest BCUT2D eigenvalue weighted by atomic mass is 35.5. The average Bonchev–Trinajstić information content (AvgIpc) is 2.86. The largest absolute Gasteiger partial charge is 0.417 e. The van der Waals surface area contributed by atoms with E-state index in [0.717, 1.165) is 12.1 Å². The van der Waals surface area contributed by atoms with Crippen LogP contribution in [0.2, 0.25) is 5.02 Å². The molecule has 0 radical (unpaired) electrons. The van der Waals surface area contributed by atoms with E-state index in [1.54, 1.807) is 13.8 Å². The highest BCUT2D eigenvalue weighted by Crippen LogP contribution is 2.36. The number of alkyl halides is 3. The predicted molar refractivity (Wildman–Crippen MR) is 76.1 cm³/mol. The first-order valence-electron chi connectivity index (χ1n) is 6.41. The van der Waals surface area contributed by atoms with Crippen molar-refractivity contribution in [2.45, 2.75) is 26.1 Å². The summed E-state index contributed by atoms with van der Waals surface area (Å²) in [6, 6.07) is 1.75. The quantitative estimate of drug-likeness (QED) is 0.880. The smallest absolute Gasteiger partial charge is 0.337 e. The van der Waals surface area contributed by atoms with Crippen LogP contribution in [0.5, 0.6) is 0 Å². The lowest BCUT2D eigenvalue weighted by Gasteiger charge is -2.13. The summed E-state index contributed by atoms with van der Waals surface area (Å²) >= 11 is 5.51. The molecule has 0 spiro atoms. The third-order valence-electron chi connectivity index (χ3n) is 2.79. The Morgan fingerprint density at radius 2 is 2.09 bits per heavy atom. The molecule has 2 N–H and O–H groups in total. The zero-order chi connectivity index (χ0) is 17.2. The van der Waals surface area contributed by atoms with Gasteiger partial charge in [-0.25, -0.2) is 4.79 Å². The van der Waals surface area contributed by atoms with Gasteiger partial charge in [0.2, 0.25) is 5.89 Å². The molecule has 2 aromatic rings. The zero-order valence-corrected chi connectivity index (χ0v) is 12.8. The first-order chi connectivity index (χ1) is 10.7. The minimum atomic E-state index is -4.61. The molecular formula is C13H12ClF3N4O2. The molecule has 10 heteroatoms. The summed E-state index contributed by atoms with van der Waals surface area (Å²) < 4.78 is 43.2. The van der Waals surface area contributed by atoms with E-state index >= 15 is 0 Å². The Hall–Kier alpha value is -2.29. The van der Waals surface area contributed by atoms with E-state index in [4.69, 9.17) is 16.1 Å². The standard InChI is InChI=1S/C13H12ClF3N4O2/c1-6(11-19-7(2)21-23-11)18-12(22)20-8-3-4-10(14)9(5-8)13(15,16)17/h3-6H,1-2H3,(H2,18,20,22)/t6-/m1/s1. The molecule has 0 aliphatic heterocycles. The SMILES string of the molecule is Cc1noc([C@@H](C)NC(=O)Nc2ccc(Cl)c(C(F)(F)F)c2)n1. The average molecular weight is 349 g/mol. The van der Waals surface area contributed by atoms with Crippen LogP contribution >= 0.6 is 11.6 Å². The number of hydrogen-bond donors (Lipinski definition) is 2. The fraction of sp³-hybridized carbons (Fsp3) is 0.308. The van der Waals surface area contributed by atoms with Crippen LogP contribution in [0, 0.1) is 6.92 Å². The lowest BCUT2D eigenvalue weighted by molar-refractivity contribution is -0.137. The monoisotopic (exact) mass is 348 g/mol. The van der Waals surface area contributed by atoms with Gasteiger partial charge in [-0.15, -0.1) is 0 Å². The van der Waals surface area contributed by atoms with Crippen molar-refractivity contribution in [2.24, 2.45) is 0 Å². The number of carbonyl (C=O) groups is 1. The lowest BCUT2D eigenvalue weighted by atomic mass is 10.2. The Bertz CT molecular complexity index is 717. The number of rotatable bonds is 3. The molecule has 1 atom stereocenters. The molecular weight excluding hydrogens is 337 g/mol. The van der Waals surface area contributed by atoms with Gasteiger partial charge in [-0.1, -0.05) is 16.8 Å². The molecule has 2 amide bonds. The van der Waals surface area contributed by atoms with Gasteiger partial charge >= 0.3 is 12.2 Å². The number of halogens is 4. The highest BCUT2D eigenvalue weighted by Gasteiger charge is 2.33. The summed E-state index contributed by atoms with van der Waals surface area (Å²) in [7, 11) is 0. The summed E-state index contributed by atoms with van der Waals surface area (Å²) in [5.41, 5.74) is -1.08. The topological polar surface area (TPSA) is 80.0 Å². The van der Waals surface area contributed by atoms with E-state index in [1.165, 1.54) is 6.07 Å². The van der Waals surface area contributed by atoms with Crippen molar-refractivity contribution in [3.63, 3.8) is 0 Å². The first kappa shape index (κ1) is 17.1. The van der Waals surface area contributed by atoms with Crippen molar-refractivity contribution in [1.82, 2.24) is 15.5 Å². The number of hydrogen-bond acceptors (Lipinski definition) is 4. The van der Waals surface area contributed by atoms with Crippen molar-refractivity contribution in [1.29, 1.82) is 0 Å². The van der Waals surface area contributed by atoms with Crippen molar-refractivity contribution >= 4 is 23.3 Å². The van der Waals surface area contributed by atoms with Crippen LogP contribution in [0.25, 0.3) is 0 Å². The molecule has 6 nitrogen and oxygen atoms in total. The highest BCUT2D eigenvalue weighted by molar-refractivity contribution is 6.31. The second kappa shape index (κ2) is 6.45. The summed E-state index contributed by atoms with van der Waals surface area (Å²) in [5, 5.41) is 7.89. The van der Waals surface area contributed by atoms with E-state index in [1.807, 2.05) is 0 Å². The Morgan fingerprint density at radius 3 is 2.65 bits per heavy atom. The summed E-state index contributed by atoms with van der Waals surface area (Å²) in [4.78, 5) is 15.8. The zero-order valence-electron chi connectivity index (χ0n) is 12.0. The molecule has 0 saturated heterocycles. The Kier molecular flexibility index (Phi) is 4.79. The number of aryl methyl sites for hydroxylation is 1. The molecule has 0 fully saturated rings. The van der Waals surface area contributed by atoms with Crippen molar-refractivity contribution in [2.75, 3.05) is 5.32 Å². The molecule has 0 aliphatic carbocycles. The molecule has 1 aromatic carbocycles. The molecule has 0 bridgehead atoms. The molecule has 23 heavy (non-hydrogen) atoms. The fourth-order valence-electron chi connectivity index (χ4n) is 1.73. The molecule has 1 aromatic heterocycles. The number of anilines is 1. The maximum absolute atomic E-state index is 12.8. The van der Waals surface area contributed by atoms with E-state index in [2.05, 4.69) is 20.8 Å². The van der Waals surface area contributed by atoms with Crippen LogP contribution in [0.1, 0.15) is 30.2 Å². The second-order valence-electron chi connectivity index (χ2n) is 4.69. The van der Waals surface area contributed by atoms with Crippen LogP contribution in [0.3, 0.4) is 0 Å². The van der Waals surface area contributed by atoms with Crippen LogP contribution in [-0.2, 0) is 6.18 Å². The molecule has 0 saturated carbocycles. The van der Waals surface area contributed by atoms with E-state index in [9.17, 15) is 18.0 Å². The van der Waals surface area contributed by atoms with Crippen LogP contribution in [0.4, 0.5) is 23.7 Å². The van der Waals surface area contributed by atoms with Crippen molar-refractivity contribution in [3.05, 3.63) is 40.5 Å². The lowest BCUT2D eigenvalue weighted by Crippen LogP contribution is -2.31. The summed E-state index contributed by atoms with van der Waals surface area (Å²) in [6.45, 7) is 3.21. The number of amides is 2. The van der Waals surface area contributed by atoms with Gasteiger partial charge in [-0.05, 0) is 32.0 Å². The third-order valence-corrected chi connectivity index (χ3v) is 3.12. The number of urea groups is 1. The minimum Gasteiger partial charge on any atom is -0.337 e. The maximum atomic E-state index is 12.8. The molecule has 0 aliphatic rings. The van der Waals surface area contributed by atoms with Gasteiger partial charge in [0.15, 0.2) is 5.82 Å². The molecule has 124 valence electrons. The van der Waals surface area contributed by atoms with Crippen LogP contribution < -0.4 is 10.6 Å². The fourth-order valence-corrected chi connectivity index (χ4v) is 1.96. The van der Waals surface area contributed by atoms with Crippen LogP contribution in [-0.4, -0.2) is 16.2 Å². The first-order valence-corrected chi connectivity index (χ1v) is 6.79. The maximum Gasteiger partial charge on any atom is 0.417 e. The van der Waals surface area contributed by atoms with Crippen LogP contribution in [0.15, 0.2) is 22.7 Å². The van der Waals surface area contributed by atoms with Gasteiger partial charge in [-0.2, -0.15) is 18.2 Å². The van der Waals surface area contributed by atoms with Gasteiger partial charge in [0.05, 0.1) is 10.6 Å². The number of aromatic nitrogens is 2.